The van der Waals surface area contributed by atoms with Crippen LogP contribution in [0.2, 0.25) is 0 Å². The zero-order chi connectivity index (χ0) is 15.4. The summed E-state index contributed by atoms with van der Waals surface area (Å²) < 4.78 is 0. The molecule has 0 spiro atoms. The fourth-order valence-corrected chi connectivity index (χ4v) is 3.49. The normalized spacial score (nSPS) is 21.6. The molecule has 0 unspecified atom stereocenters. The largest absolute Gasteiger partial charge is 0.384 e. The Morgan fingerprint density at radius 1 is 1.05 bits per heavy atom. The number of aromatic nitrogens is 1. The van der Waals surface area contributed by atoms with E-state index in [9.17, 15) is 0 Å². The molecule has 1 saturated carbocycles. The van der Waals surface area contributed by atoms with Crippen LogP contribution in [0.15, 0.2) is 12.1 Å². The van der Waals surface area contributed by atoms with E-state index in [1.807, 2.05) is 6.07 Å². The first-order chi connectivity index (χ1) is 10.7. The molecular formula is C17H29N5. The van der Waals surface area contributed by atoms with Crippen LogP contribution in [0.5, 0.6) is 0 Å². The molecule has 3 N–H and O–H groups in total. The fourth-order valence-electron chi connectivity index (χ4n) is 3.49. The van der Waals surface area contributed by atoms with Crippen molar-refractivity contribution in [2.45, 2.75) is 44.6 Å². The van der Waals surface area contributed by atoms with Gasteiger partial charge in [0.25, 0.3) is 0 Å². The summed E-state index contributed by atoms with van der Waals surface area (Å²) in [6.07, 6.45) is 7.89. The third kappa shape index (κ3) is 4.03. The van der Waals surface area contributed by atoms with E-state index in [0.717, 1.165) is 32.0 Å². The van der Waals surface area contributed by atoms with Gasteiger partial charge in [-0.2, -0.15) is 0 Å². The van der Waals surface area contributed by atoms with Crippen molar-refractivity contribution in [3.8, 4) is 0 Å². The van der Waals surface area contributed by atoms with Gasteiger partial charge >= 0.3 is 0 Å². The van der Waals surface area contributed by atoms with Gasteiger partial charge in [-0.25, -0.2) is 4.98 Å². The van der Waals surface area contributed by atoms with E-state index in [-0.39, 0.29) is 0 Å². The summed E-state index contributed by atoms with van der Waals surface area (Å²) in [4.78, 5) is 9.28. The van der Waals surface area contributed by atoms with Crippen molar-refractivity contribution in [1.82, 2.24) is 9.88 Å². The number of nitrogens with one attached hydrogen (secondary N) is 1. The summed E-state index contributed by atoms with van der Waals surface area (Å²) in [5, 5.41) is 3.62. The van der Waals surface area contributed by atoms with Crippen LogP contribution in [0, 0.1) is 0 Å². The first-order valence-corrected chi connectivity index (χ1v) is 8.68. The summed E-state index contributed by atoms with van der Waals surface area (Å²) in [7, 11) is 2.18. The minimum Gasteiger partial charge on any atom is -0.384 e. The summed E-state index contributed by atoms with van der Waals surface area (Å²) in [5.41, 5.74) is 7.25. The number of nitrogens with two attached hydrogens (primary N) is 1. The van der Waals surface area contributed by atoms with Gasteiger partial charge in [0.1, 0.15) is 11.6 Å². The predicted molar refractivity (Wildman–Crippen MR) is 93.5 cm³/mol. The number of nitrogen functional groups attached to an aromatic ring is 1. The highest BCUT2D eigenvalue weighted by Crippen LogP contribution is 2.25. The van der Waals surface area contributed by atoms with Crippen LogP contribution in [0.1, 0.15) is 38.5 Å². The van der Waals surface area contributed by atoms with Crippen molar-refractivity contribution < 1.29 is 0 Å². The van der Waals surface area contributed by atoms with Crippen LogP contribution >= 0.6 is 0 Å². The van der Waals surface area contributed by atoms with E-state index in [1.165, 1.54) is 44.2 Å². The van der Waals surface area contributed by atoms with Crippen LogP contribution < -0.4 is 16.0 Å². The molecule has 0 amide bonds. The van der Waals surface area contributed by atoms with Gasteiger partial charge in [0.2, 0.25) is 0 Å². The standard InChI is InChI=1S/C17H29N5/c1-21-8-10-22(11-9-21)15-12-16(18)20-17(13-15)19-14-6-4-2-3-5-7-14/h12-14H,2-11H2,1H3,(H3,18,19,20). The third-order valence-electron chi connectivity index (χ3n) is 4.91. The number of pyridine rings is 1. The molecule has 5 heteroatoms. The van der Waals surface area contributed by atoms with Gasteiger partial charge in [-0.1, -0.05) is 25.7 Å². The van der Waals surface area contributed by atoms with E-state index in [1.54, 1.807) is 0 Å². The first kappa shape index (κ1) is 15.4. The zero-order valence-corrected chi connectivity index (χ0v) is 13.7. The van der Waals surface area contributed by atoms with Gasteiger partial charge in [0.15, 0.2) is 0 Å². The maximum atomic E-state index is 6.04. The number of likely N-dealkylation sites (N-methyl/N-ethyl adjacent to an activating group) is 1. The molecule has 1 aromatic heterocycles. The molecule has 0 atom stereocenters. The zero-order valence-electron chi connectivity index (χ0n) is 13.7. The molecule has 0 radical (unpaired) electrons. The molecule has 0 bridgehead atoms. The van der Waals surface area contributed by atoms with Crippen LogP contribution in [-0.4, -0.2) is 49.2 Å². The summed E-state index contributed by atoms with van der Waals surface area (Å²) in [5.74, 6) is 1.56. The number of nitrogens with zero attached hydrogens (tertiary/aromatic N) is 3. The van der Waals surface area contributed by atoms with E-state index in [4.69, 9.17) is 5.73 Å². The van der Waals surface area contributed by atoms with Crippen molar-refractivity contribution in [2.75, 3.05) is 49.2 Å². The second kappa shape index (κ2) is 7.18. The SMILES string of the molecule is CN1CCN(c2cc(N)nc(NC3CCCCCC3)c2)CC1. The minimum absolute atomic E-state index is 0.553. The lowest BCUT2D eigenvalue weighted by molar-refractivity contribution is 0.313. The smallest absolute Gasteiger partial charge is 0.130 e. The molecule has 1 aromatic rings. The summed E-state index contributed by atoms with van der Waals surface area (Å²) in [6.45, 7) is 4.33. The van der Waals surface area contributed by atoms with Gasteiger partial charge in [0.05, 0.1) is 0 Å². The van der Waals surface area contributed by atoms with E-state index < -0.39 is 0 Å². The highest BCUT2D eigenvalue weighted by Gasteiger charge is 2.17. The summed E-state index contributed by atoms with van der Waals surface area (Å²) >= 11 is 0. The maximum Gasteiger partial charge on any atom is 0.130 e. The Hall–Kier alpha value is -1.49. The number of hydrogen-bond donors (Lipinski definition) is 2. The van der Waals surface area contributed by atoms with E-state index in [2.05, 4.69) is 33.2 Å². The lowest BCUT2D eigenvalue weighted by Crippen LogP contribution is -2.44. The lowest BCUT2D eigenvalue weighted by Gasteiger charge is -2.34. The fraction of sp³-hybridized carbons (Fsp3) is 0.706. The van der Waals surface area contributed by atoms with Crippen LogP contribution in [-0.2, 0) is 0 Å². The molecule has 22 heavy (non-hydrogen) atoms. The summed E-state index contributed by atoms with van der Waals surface area (Å²) in [6, 6.07) is 4.73. The van der Waals surface area contributed by atoms with E-state index in [0.29, 0.717) is 11.9 Å². The van der Waals surface area contributed by atoms with Crippen LogP contribution in [0.25, 0.3) is 0 Å². The monoisotopic (exact) mass is 303 g/mol. The molecule has 0 aromatic carbocycles. The van der Waals surface area contributed by atoms with Crippen molar-refractivity contribution >= 4 is 17.3 Å². The van der Waals surface area contributed by atoms with Crippen molar-refractivity contribution in [2.24, 2.45) is 0 Å². The Bertz CT molecular complexity index is 474. The molecule has 122 valence electrons. The Balaban J connectivity index is 1.69. The lowest BCUT2D eigenvalue weighted by atomic mass is 10.1. The Morgan fingerprint density at radius 2 is 1.73 bits per heavy atom. The van der Waals surface area contributed by atoms with Gasteiger partial charge in [0, 0.05) is 50.0 Å². The molecule has 2 aliphatic rings. The number of anilines is 3. The van der Waals surface area contributed by atoms with Crippen LogP contribution in [0.3, 0.4) is 0 Å². The average Bonchev–Trinajstić information content (AvgIpc) is 2.76. The number of piperazine rings is 1. The van der Waals surface area contributed by atoms with E-state index >= 15 is 0 Å². The second-order valence-electron chi connectivity index (χ2n) is 6.76. The topological polar surface area (TPSA) is 57.4 Å². The van der Waals surface area contributed by atoms with Gasteiger partial charge in [-0.15, -0.1) is 0 Å². The van der Waals surface area contributed by atoms with Gasteiger partial charge in [-0.3, -0.25) is 0 Å². The first-order valence-electron chi connectivity index (χ1n) is 8.68. The van der Waals surface area contributed by atoms with Crippen molar-refractivity contribution in [3.63, 3.8) is 0 Å². The van der Waals surface area contributed by atoms with Gasteiger partial charge in [-0.05, 0) is 19.9 Å². The molecule has 5 nitrogen and oxygen atoms in total. The molecule has 2 fully saturated rings. The highest BCUT2D eigenvalue weighted by atomic mass is 15.2. The molecular weight excluding hydrogens is 274 g/mol. The predicted octanol–water partition coefficient (Wildman–Crippen LogP) is 2.55. The Morgan fingerprint density at radius 3 is 2.41 bits per heavy atom. The number of rotatable bonds is 3. The minimum atomic E-state index is 0.553. The Labute approximate surface area is 133 Å². The third-order valence-corrected chi connectivity index (χ3v) is 4.91. The average molecular weight is 303 g/mol. The molecule has 1 aliphatic carbocycles. The molecule has 3 rings (SSSR count). The van der Waals surface area contributed by atoms with Crippen molar-refractivity contribution in [1.29, 1.82) is 0 Å². The van der Waals surface area contributed by atoms with Crippen molar-refractivity contribution in [3.05, 3.63) is 12.1 Å². The molecule has 1 aliphatic heterocycles. The highest BCUT2D eigenvalue weighted by molar-refractivity contribution is 5.60. The number of hydrogen-bond acceptors (Lipinski definition) is 5. The quantitative estimate of drug-likeness (QED) is 0.841. The Kier molecular flexibility index (Phi) is 5.03. The molecule has 2 heterocycles. The van der Waals surface area contributed by atoms with Gasteiger partial charge < -0.3 is 20.9 Å². The maximum absolute atomic E-state index is 6.04. The van der Waals surface area contributed by atoms with Crippen LogP contribution in [0.4, 0.5) is 17.3 Å². The molecule has 1 saturated heterocycles. The second-order valence-corrected chi connectivity index (χ2v) is 6.76.